The summed E-state index contributed by atoms with van der Waals surface area (Å²) in [6, 6.07) is 10.3. The van der Waals surface area contributed by atoms with Gasteiger partial charge in [0, 0.05) is 17.3 Å². The summed E-state index contributed by atoms with van der Waals surface area (Å²) in [6.45, 7) is 8.59. The first-order valence-corrected chi connectivity index (χ1v) is 10.1. The zero-order chi connectivity index (χ0) is 20.1. The maximum atomic E-state index is 13.0. The molecule has 0 saturated carbocycles. The van der Waals surface area contributed by atoms with Crippen molar-refractivity contribution in [2.45, 2.75) is 37.9 Å². The first-order chi connectivity index (χ1) is 13.5. The molecule has 3 aromatic rings. The fourth-order valence-electron chi connectivity index (χ4n) is 2.71. The van der Waals surface area contributed by atoms with Crippen LogP contribution in [0, 0.1) is 19.7 Å². The highest BCUT2D eigenvalue weighted by atomic mass is 35.5. The second kappa shape index (κ2) is 9.26. The molecule has 0 amide bonds. The molecule has 0 radical (unpaired) electrons. The van der Waals surface area contributed by atoms with E-state index in [-0.39, 0.29) is 5.82 Å². The van der Waals surface area contributed by atoms with E-state index in [2.05, 4.69) is 16.8 Å². The molecule has 7 heteroatoms. The van der Waals surface area contributed by atoms with Crippen molar-refractivity contribution in [3.05, 3.63) is 82.4 Å². The summed E-state index contributed by atoms with van der Waals surface area (Å²) in [5, 5.41) is 10.1. The third kappa shape index (κ3) is 4.94. The lowest BCUT2D eigenvalue weighted by Crippen LogP contribution is -2.07. The number of benzene rings is 2. The predicted molar refractivity (Wildman–Crippen MR) is 111 cm³/mol. The minimum atomic E-state index is -0.240. The molecule has 1 heterocycles. The van der Waals surface area contributed by atoms with Gasteiger partial charge >= 0.3 is 0 Å². The molecule has 0 spiro atoms. The van der Waals surface area contributed by atoms with E-state index < -0.39 is 0 Å². The second-order valence-electron chi connectivity index (χ2n) is 6.37. The number of aryl methyl sites for hydroxylation is 2. The fourth-order valence-corrected chi connectivity index (χ4v) is 3.74. The first kappa shape index (κ1) is 20.4. The van der Waals surface area contributed by atoms with E-state index in [1.807, 2.05) is 30.5 Å². The van der Waals surface area contributed by atoms with Crippen LogP contribution in [0.4, 0.5) is 4.39 Å². The van der Waals surface area contributed by atoms with Crippen LogP contribution in [0.1, 0.15) is 22.5 Å². The molecule has 0 aliphatic heterocycles. The maximum Gasteiger partial charge on any atom is 0.191 e. The molecule has 3 rings (SSSR count). The van der Waals surface area contributed by atoms with Gasteiger partial charge in [-0.1, -0.05) is 41.6 Å². The molecule has 0 unspecified atom stereocenters. The van der Waals surface area contributed by atoms with Gasteiger partial charge in [0.1, 0.15) is 18.2 Å². The van der Waals surface area contributed by atoms with E-state index in [1.54, 1.807) is 30.0 Å². The van der Waals surface area contributed by atoms with Crippen molar-refractivity contribution < 1.29 is 9.13 Å². The molecule has 2 aromatic carbocycles. The largest absolute Gasteiger partial charge is 0.486 e. The number of halogens is 2. The van der Waals surface area contributed by atoms with Crippen LogP contribution in [0.15, 0.2) is 54.2 Å². The van der Waals surface area contributed by atoms with Crippen LogP contribution in [-0.2, 0) is 18.9 Å². The standard InChI is InChI=1S/C21H21ClFN3OS/c1-4-9-26-19(12-27-18-10-14(2)20(22)15(3)11-18)24-25-21(26)28-13-16-5-7-17(23)8-6-16/h4-8,10-11H,1,9,12-13H2,2-3H3. The monoisotopic (exact) mass is 417 g/mol. The fraction of sp³-hybridized carbons (Fsp3) is 0.238. The topological polar surface area (TPSA) is 39.9 Å². The zero-order valence-corrected chi connectivity index (χ0v) is 17.4. The molecule has 0 atom stereocenters. The van der Waals surface area contributed by atoms with E-state index in [9.17, 15) is 4.39 Å². The second-order valence-corrected chi connectivity index (χ2v) is 7.69. The molecular weight excluding hydrogens is 397 g/mol. The van der Waals surface area contributed by atoms with Crippen molar-refractivity contribution in [1.29, 1.82) is 0 Å². The average molecular weight is 418 g/mol. The van der Waals surface area contributed by atoms with Crippen LogP contribution < -0.4 is 4.74 Å². The van der Waals surface area contributed by atoms with Gasteiger partial charge in [-0.15, -0.1) is 16.8 Å². The molecule has 0 aliphatic carbocycles. The Morgan fingerprint density at radius 2 is 1.86 bits per heavy atom. The Balaban J connectivity index is 1.71. The lowest BCUT2D eigenvalue weighted by atomic mass is 10.1. The Morgan fingerprint density at radius 3 is 2.50 bits per heavy atom. The highest BCUT2D eigenvalue weighted by Gasteiger charge is 2.13. The van der Waals surface area contributed by atoms with Crippen molar-refractivity contribution in [1.82, 2.24) is 14.8 Å². The maximum absolute atomic E-state index is 13.0. The molecule has 0 aliphatic rings. The quantitative estimate of drug-likeness (QED) is 0.346. The van der Waals surface area contributed by atoms with Gasteiger partial charge in [0.2, 0.25) is 0 Å². The number of rotatable bonds is 8. The SMILES string of the molecule is C=CCn1c(COc2cc(C)c(Cl)c(C)c2)nnc1SCc1ccc(F)cc1. The minimum Gasteiger partial charge on any atom is -0.486 e. The molecule has 1 aromatic heterocycles. The predicted octanol–water partition coefficient (Wildman–Crippen LogP) is 5.74. The van der Waals surface area contributed by atoms with E-state index >= 15 is 0 Å². The first-order valence-electron chi connectivity index (χ1n) is 8.77. The molecule has 0 bridgehead atoms. The average Bonchev–Trinajstić information content (AvgIpc) is 3.06. The summed E-state index contributed by atoms with van der Waals surface area (Å²) in [5.74, 6) is 1.89. The highest BCUT2D eigenvalue weighted by Crippen LogP contribution is 2.27. The number of aromatic nitrogens is 3. The van der Waals surface area contributed by atoms with E-state index in [1.165, 1.54) is 12.1 Å². The Morgan fingerprint density at radius 1 is 1.18 bits per heavy atom. The molecule has 0 fully saturated rings. The van der Waals surface area contributed by atoms with Gasteiger partial charge in [0.15, 0.2) is 11.0 Å². The van der Waals surface area contributed by atoms with E-state index in [0.717, 1.165) is 32.6 Å². The van der Waals surface area contributed by atoms with Gasteiger partial charge in [0.25, 0.3) is 0 Å². The van der Waals surface area contributed by atoms with Crippen molar-refractivity contribution in [2.75, 3.05) is 0 Å². The van der Waals surface area contributed by atoms with Crippen molar-refractivity contribution >= 4 is 23.4 Å². The van der Waals surface area contributed by atoms with Gasteiger partial charge in [0.05, 0.1) is 0 Å². The summed E-state index contributed by atoms with van der Waals surface area (Å²) in [5.41, 5.74) is 2.96. The van der Waals surface area contributed by atoms with Gasteiger partial charge in [-0.25, -0.2) is 4.39 Å². The summed E-state index contributed by atoms with van der Waals surface area (Å²) < 4.78 is 20.9. The van der Waals surface area contributed by atoms with Crippen molar-refractivity contribution in [3.8, 4) is 5.75 Å². The number of ether oxygens (including phenoxy) is 1. The lowest BCUT2D eigenvalue weighted by molar-refractivity contribution is 0.289. The molecular formula is C21H21ClFN3OS. The Labute approximate surface area is 173 Å². The number of hydrogen-bond donors (Lipinski definition) is 0. The van der Waals surface area contributed by atoms with Crippen molar-refractivity contribution in [2.24, 2.45) is 0 Å². The number of hydrogen-bond acceptors (Lipinski definition) is 4. The third-order valence-corrected chi connectivity index (χ3v) is 5.80. The van der Waals surface area contributed by atoms with Crippen LogP contribution in [0.5, 0.6) is 5.75 Å². The van der Waals surface area contributed by atoms with Gasteiger partial charge in [-0.2, -0.15) is 0 Å². The van der Waals surface area contributed by atoms with Gasteiger partial charge in [-0.05, 0) is 54.8 Å². The summed E-state index contributed by atoms with van der Waals surface area (Å²) in [4.78, 5) is 0. The number of thioether (sulfide) groups is 1. The highest BCUT2D eigenvalue weighted by molar-refractivity contribution is 7.98. The summed E-state index contributed by atoms with van der Waals surface area (Å²) in [6.07, 6.45) is 1.80. The van der Waals surface area contributed by atoms with Crippen LogP contribution in [-0.4, -0.2) is 14.8 Å². The van der Waals surface area contributed by atoms with Crippen LogP contribution >= 0.6 is 23.4 Å². The third-order valence-electron chi connectivity index (χ3n) is 4.16. The van der Waals surface area contributed by atoms with Crippen LogP contribution in [0.2, 0.25) is 5.02 Å². The van der Waals surface area contributed by atoms with E-state index in [0.29, 0.717) is 24.7 Å². The lowest BCUT2D eigenvalue weighted by Gasteiger charge is -2.11. The Kier molecular flexibility index (Phi) is 6.75. The van der Waals surface area contributed by atoms with E-state index in [4.69, 9.17) is 16.3 Å². The Bertz CT molecular complexity index is 949. The molecule has 0 N–H and O–H groups in total. The number of allylic oxidation sites excluding steroid dienone is 1. The molecule has 146 valence electrons. The summed E-state index contributed by atoms with van der Waals surface area (Å²) in [7, 11) is 0. The zero-order valence-electron chi connectivity index (χ0n) is 15.8. The van der Waals surface area contributed by atoms with Gasteiger partial charge < -0.3 is 4.74 Å². The normalized spacial score (nSPS) is 10.9. The van der Waals surface area contributed by atoms with Gasteiger partial charge in [-0.3, -0.25) is 4.57 Å². The summed E-state index contributed by atoms with van der Waals surface area (Å²) >= 11 is 7.76. The molecule has 4 nitrogen and oxygen atoms in total. The van der Waals surface area contributed by atoms with Crippen LogP contribution in [0.3, 0.4) is 0 Å². The number of nitrogens with zero attached hydrogens (tertiary/aromatic N) is 3. The minimum absolute atomic E-state index is 0.240. The Hall–Kier alpha value is -2.31. The smallest absolute Gasteiger partial charge is 0.191 e. The van der Waals surface area contributed by atoms with Crippen LogP contribution in [0.25, 0.3) is 0 Å². The molecule has 0 saturated heterocycles. The van der Waals surface area contributed by atoms with Crippen molar-refractivity contribution in [3.63, 3.8) is 0 Å². The molecule has 28 heavy (non-hydrogen) atoms.